The molecule has 0 radical (unpaired) electrons. The highest BCUT2D eigenvalue weighted by atomic mass is 16.7. The average molecular weight is 236 g/mol. The molecule has 5 atom stereocenters. The van der Waals surface area contributed by atoms with Crippen LogP contribution in [-0.4, -0.2) is 30.2 Å². The van der Waals surface area contributed by atoms with Gasteiger partial charge in [-0.3, -0.25) is 0 Å². The molecular formula is C14H20O3. The van der Waals surface area contributed by atoms with Crippen molar-refractivity contribution in [3.8, 4) is 0 Å². The van der Waals surface area contributed by atoms with Gasteiger partial charge in [-0.25, -0.2) is 0 Å². The van der Waals surface area contributed by atoms with E-state index >= 15 is 0 Å². The Balaban J connectivity index is 1.75. The number of hydrogen-bond donors (Lipinski definition) is 1. The summed E-state index contributed by atoms with van der Waals surface area (Å²) in [5, 5.41) is 10.5. The van der Waals surface area contributed by atoms with Crippen LogP contribution < -0.4 is 0 Å². The number of aliphatic hydroxyl groups excluding tert-OH is 1. The van der Waals surface area contributed by atoms with Gasteiger partial charge in [-0.05, 0) is 17.8 Å². The van der Waals surface area contributed by atoms with Crippen molar-refractivity contribution in [3.05, 3.63) is 12.2 Å². The molecule has 0 amide bonds. The van der Waals surface area contributed by atoms with Crippen molar-refractivity contribution >= 4 is 0 Å². The first kappa shape index (κ1) is 10.5. The maximum atomic E-state index is 10.5. The van der Waals surface area contributed by atoms with Crippen molar-refractivity contribution in [1.82, 2.24) is 0 Å². The number of aliphatic hydroxyl groups is 1. The molecule has 1 spiro atoms. The fourth-order valence-corrected chi connectivity index (χ4v) is 4.84. The van der Waals surface area contributed by atoms with Crippen molar-refractivity contribution in [1.29, 1.82) is 0 Å². The average Bonchev–Trinajstić information content (AvgIpc) is 2.98. The lowest BCUT2D eigenvalue weighted by atomic mass is 9.82. The van der Waals surface area contributed by atoms with E-state index in [0.717, 1.165) is 6.42 Å². The summed E-state index contributed by atoms with van der Waals surface area (Å²) in [6, 6.07) is 0. The van der Waals surface area contributed by atoms with E-state index in [1.165, 1.54) is 0 Å². The van der Waals surface area contributed by atoms with Crippen LogP contribution in [0.15, 0.2) is 12.2 Å². The van der Waals surface area contributed by atoms with E-state index in [1.807, 2.05) is 0 Å². The normalized spacial score (nSPS) is 52.5. The monoisotopic (exact) mass is 236 g/mol. The highest BCUT2D eigenvalue weighted by molar-refractivity contribution is 5.27. The Morgan fingerprint density at radius 2 is 1.76 bits per heavy atom. The molecule has 0 aromatic rings. The predicted octanol–water partition coefficient (Wildman–Crippen LogP) is 1.57. The summed E-state index contributed by atoms with van der Waals surface area (Å²) < 4.78 is 11.9. The summed E-state index contributed by atoms with van der Waals surface area (Å²) in [4.78, 5) is 0. The van der Waals surface area contributed by atoms with E-state index in [-0.39, 0.29) is 17.4 Å². The SMILES string of the molecule is CC1(C)C[C@H]2[C@H]([C@H]3C=C[C@@H]2C32OCCO2)[C@@H]1O. The third-order valence-corrected chi connectivity index (χ3v) is 5.49. The second kappa shape index (κ2) is 2.95. The molecule has 4 aliphatic rings. The van der Waals surface area contributed by atoms with Crippen molar-refractivity contribution < 1.29 is 14.6 Å². The lowest BCUT2D eigenvalue weighted by molar-refractivity contribution is -0.194. The topological polar surface area (TPSA) is 38.7 Å². The molecule has 1 aliphatic heterocycles. The summed E-state index contributed by atoms with van der Waals surface area (Å²) >= 11 is 0. The second-order valence-corrected chi connectivity index (χ2v) is 6.73. The Kier molecular flexibility index (Phi) is 1.83. The van der Waals surface area contributed by atoms with Gasteiger partial charge in [-0.2, -0.15) is 0 Å². The zero-order valence-corrected chi connectivity index (χ0v) is 10.4. The smallest absolute Gasteiger partial charge is 0.181 e. The van der Waals surface area contributed by atoms with Gasteiger partial charge in [0.1, 0.15) is 0 Å². The minimum atomic E-state index is -0.410. The molecule has 1 N–H and O–H groups in total. The zero-order chi connectivity index (χ0) is 11.8. The highest BCUT2D eigenvalue weighted by Gasteiger charge is 2.70. The van der Waals surface area contributed by atoms with Crippen LogP contribution in [0, 0.1) is 29.1 Å². The van der Waals surface area contributed by atoms with Gasteiger partial charge in [0.05, 0.1) is 19.3 Å². The predicted molar refractivity (Wildman–Crippen MR) is 62.1 cm³/mol. The van der Waals surface area contributed by atoms with Gasteiger partial charge in [0.2, 0.25) is 0 Å². The Hall–Kier alpha value is -0.380. The molecule has 3 nitrogen and oxygen atoms in total. The molecular weight excluding hydrogens is 216 g/mol. The van der Waals surface area contributed by atoms with E-state index < -0.39 is 5.79 Å². The van der Waals surface area contributed by atoms with Crippen LogP contribution in [0.3, 0.4) is 0 Å². The number of rotatable bonds is 0. The third kappa shape index (κ3) is 1.05. The molecule has 2 saturated carbocycles. The summed E-state index contributed by atoms with van der Waals surface area (Å²) in [7, 11) is 0. The Labute approximate surface area is 102 Å². The van der Waals surface area contributed by atoms with E-state index in [1.54, 1.807) is 0 Å². The molecule has 1 heterocycles. The second-order valence-electron chi connectivity index (χ2n) is 6.73. The van der Waals surface area contributed by atoms with Gasteiger partial charge in [0.25, 0.3) is 0 Å². The molecule has 4 rings (SSSR count). The minimum absolute atomic E-state index is 0.0397. The van der Waals surface area contributed by atoms with Gasteiger partial charge in [0, 0.05) is 17.8 Å². The zero-order valence-electron chi connectivity index (χ0n) is 10.4. The fourth-order valence-electron chi connectivity index (χ4n) is 4.84. The summed E-state index contributed by atoms with van der Waals surface area (Å²) in [6.07, 6.45) is 5.35. The van der Waals surface area contributed by atoms with E-state index in [9.17, 15) is 5.11 Å². The molecule has 3 heteroatoms. The first-order valence-electron chi connectivity index (χ1n) is 6.70. The Morgan fingerprint density at radius 1 is 1.12 bits per heavy atom. The van der Waals surface area contributed by atoms with Crippen LogP contribution in [0.1, 0.15) is 20.3 Å². The van der Waals surface area contributed by atoms with Crippen LogP contribution in [0.4, 0.5) is 0 Å². The van der Waals surface area contributed by atoms with Gasteiger partial charge in [0.15, 0.2) is 5.79 Å². The Bertz CT molecular complexity index is 381. The van der Waals surface area contributed by atoms with Gasteiger partial charge < -0.3 is 14.6 Å². The molecule has 3 aliphatic carbocycles. The van der Waals surface area contributed by atoms with Crippen molar-refractivity contribution in [2.24, 2.45) is 29.1 Å². The third-order valence-electron chi connectivity index (χ3n) is 5.49. The first-order chi connectivity index (χ1) is 8.06. The van der Waals surface area contributed by atoms with Crippen LogP contribution in [0.25, 0.3) is 0 Å². The number of hydrogen-bond acceptors (Lipinski definition) is 3. The van der Waals surface area contributed by atoms with E-state index in [4.69, 9.17) is 9.47 Å². The quantitative estimate of drug-likeness (QED) is 0.649. The van der Waals surface area contributed by atoms with Crippen LogP contribution in [-0.2, 0) is 9.47 Å². The van der Waals surface area contributed by atoms with Gasteiger partial charge >= 0.3 is 0 Å². The molecule has 3 fully saturated rings. The van der Waals surface area contributed by atoms with Crippen LogP contribution in [0.2, 0.25) is 0 Å². The number of fused-ring (bicyclic) bond motifs is 3. The standard InChI is InChI=1S/C14H20O3/c1-13(2)7-8-9-3-4-10(11(8)12(13)15)14(9)16-5-6-17-14/h3-4,8-12,15H,5-7H2,1-2H3/t8-,9+,10-,11-,12+/m1/s1. The van der Waals surface area contributed by atoms with E-state index in [2.05, 4.69) is 26.0 Å². The first-order valence-corrected chi connectivity index (χ1v) is 6.70. The molecule has 0 aromatic carbocycles. The van der Waals surface area contributed by atoms with Crippen LogP contribution >= 0.6 is 0 Å². The van der Waals surface area contributed by atoms with Crippen LogP contribution in [0.5, 0.6) is 0 Å². The van der Waals surface area contributed by atoms with Gasteiger partial charge in [-0.1, -0.05) is 26.0 Å². The molecule has 0 aromatic heterocycles. The lowest BCUT2D eigenvalue weighted by Crippen LogP contribution is -2.41. The lowest BCUT2D eigenvalue weighted by Gasteiger charge is -2.34. The van der Waals surface area contributed by atoms with Gasteiger partial charge in [-0.15, -0.1) is 0 Å². The molecule has 2 bridgehead atoms. The molecule has 17 heavy (non-hydrogen) atoms. The van der Waals surface area contributed by atoms with Crippen molar-refractivity contribution in [2.75, 3.05) is 13.2 Å². The molecule has 94 valence electrons. The summed E-state index contributed by atoms with van der Waals surface area (Å²) in [6.45, 7) is 5.76. The molecule has 1 saturated heterocycles. The summed E-state index contributed by atoms with van der Waals surface area (Å²) in [5.74, 6) is 1.08. The highest BCUT2D eigenvalue weighted by Crippen LogP contribution is 2.66. The van der Waals surface area contributed by atoms with Crippen molar-refractivity contribution in [3.63, 3.8) is 0 Å². The Morgan fingerprint density at radius 3 is 2.41 bits per heavy atom. The van der Waals surface area contributed by atoms with Crippen molar-refractivity contribution in [2.45, 2.75) is 32.2 Å². The maximum absolute atomic E-state index is 10.5. The molecule has 0 unspecified atom stereocenters. The fraction of sp³-hybridized carbons (Fsp3) is 0.857. The summed E-state index contributed by atoms with van der Waals surface area (Å²) in [5.41, 5.74) is 0.0397. The van der Waals surface area contributed by atoms with E-state index in [0.29, 0.717) is 31.0 Å². The minimum Gasteiger partial charge on any atom is -0.392 e. The largest absolute Gasteiger partial charge is 0.392 e. The number of ether oxygens (including phenoxy) is 2. The maximum Gasteiger partial charge on any atom is 0.181 e.